The Morgan fingerprint density at radius 1 is 1.24 bits per heavy atom. The standard InChI is InChI=1S/C16H21NO3S/c1-12(18)13-4-5-15(21(2,19)20)14(10-13)17-9-3-6-16(11-17)7-8-16/h4-5,10H,3,6-9,11H2,1-2H3. The van der Waals surface area contributed by atoms with Crippen LogP contribution in [-0.2, 0) is 9.84 Å². The molecule has 1 heterocycles. The molecule has 2 aliphatic rings. The van der Waals surface area contributed by atoms with Crippen molar-refractivity contribution in [1.29, 1.82) is 0 Å². The number of hydrogen-bond acceptors (Lipinski definition) is 4. The lowest BCUT2D eigenvalue weighted by atomic mass is 9.94. The molecule has 1 aliphatic heterocycles. The van der Waals surface area contributed by atoms with Gasteiger partial charge in [-0.05, 0) is 56.2 Å². The molecule has 1 saturated carbocycles. The van der Waals surface area contributed by atoms with Crippen LogP contribution in [0.5, 0.6) is 0 Å². The van der Waals surface area contributed by atoms with Crippen molar-refractivity contribution in [2.24, 2.45) is 5.41 Å². The van der Waals surface area contributed by atoms with Crippen LogP contribution in [0.2, 0.25) is 0 Å². The van der Waals surface area contributed by atoms with E-state index in [0.29, 0.717) is 21.6 Å². The van der Waals surface area contributed by atoms with Crippen LogP contribution in [0, 0.1) is 5.41 Å². The molecule has 0 aromatic heterocycles. The average molecular weight is 307 g/mol. The van der Waals surface area contributed by atoms with E-state index in [0.717, 1.165) is 19.5 Å². The van der Waals surface area contributed by atoms with Crippen LogP contribution in [0.4, 0.5) is 5.69 Å². The number of carbonyl (C=O) groups is 1. The molecule has 0 amide bonds. The van der Waals surface area contributed by atoms with Crippen LogP contribution < -0.4 is 4.90 Å². The molecule has 0 atom stereocenters. The highest BCUT2D eigenvalue weighted by molar-refractivity contribution is 7.90. The van der Waals surface area contributed by atoms with Crippen molar-refractivity contribution in [3.8, 4) is 0 Å². The van der Waals surface area contributed by atoms with Crippen LogP contribution in [0.1, 0.15) is 43.0 Å². The summed E-state index contributed by atoms with van der Waals surface area (Å²) in [5, 5.41) is 0. The largest absolute Gasteiger partial charge is 0.370 e. The van der Waals surface area contributed by atoms with Gasteiger partial charge >= 0.3 is 0 Å². The van der Waals surface area contributed by atoms with Gasteiger partial charge in [0.15, 0.2) is 15.6 Å². The number of benzene rings is 1. The maximum Gasteiger partial charge on any atom is 0.177 e. The highest BCUT2D eigenvalue weighted by Gasteiger charge is 2.45. The predicted molar refractivity (Wildman–Crippen MR) is 82.7 cm³/mol. The van der Waals surface area contributed by atoms with Gasteiger partial charge in [-0.1, -0.05) is 0 Å². The van der Waals surface area contributed by atoms with Crippen molar-refractivity contribution in [1.82, 2.24) is 0 Å². The van der Waals surface area contributed by atoms with Crippen molar-refractivity contribution >= 4 is 21.3 Å². The second-order valence-electron chi connectivity index (χ2n) is 6.54. The van der Waals surface area contributed by atoms with E-state index in [-0.39, 0.29) is 5.78 Å². The number of nitrogens with zero attached hydrogens (tertiary/aromatic N) is 1. The predicted octanol–water partition coefficient (Wildman–Crippen LogP) is 2.67. The molecule has 21 heavy (non-hydrogen) atoms. The Bertz CT molecular complexity index is 689. The Morgan fingerprint density at radius 3 is 2.52 bits per heavy atom. The molecule has 0 N–H and O–H groups in total. The number of hydrogen-bond donors (Lipinski definition) is 0. The van der Waals surface area contributed by atoms with Crippen LogP contribution in [-0.4, -0.2) is 33.5 Å². The van der Waals surface area contributed by atoms with Gasteiger partial charge in [-0.2, -0.15) is 0 Å². The molecular weight excluding hydrogens is 286 g/mol. The zero-order valence-corrected chi connectivity index (χ0v) is 13.4. The molecule has 1 aromatic rings. The van der Waals surface area contributed by atoms with Gasteiger partial charge in [0.25, 0.3) is 0 Å². The van der Waals surface area contributed by atoms with E-state index in [1.54, 1.807) is 18.2 Å². The molecule has 114 valence electrons. The molecule has 0 radical (unpaired) electrons. The van der Waals surface area contributed by atoms with Gasteiger partial charge in [0.2, 0.25) is 0 Å². The minimum absolute atomic E-state index is 0.0329. The van der Waals surface area contributed by atoms with Crippen molar-refractivity contribution in [3.05, 3.63) is 23.8 Å². The molecule has 1 saturated heterocycles. The first-order chi connectivity index (χ1) is 9.81. The minimum atomic E-state index is -3.30. The summed E-state index contributed by atoms with van der Waals surface area (Å²) in [5.41, 5.74) is 1.68. The number of ketones is 1. The van der Waals surface area contributed by atoms with E-state index in [1.165, 1.54) is 32.4 Å². The third-order valence-electron chi connectivity index (χ3n) is 4.72. The van der Waals surface area contributed by atoms with E-state index in [9.17, 15) is 13.2 Å². The average Bonchev–Trinajstić information content (AvgIpc) is 3.16. The summed E-state index contributed by atoms with van der Waals surface area (Å²) >= 11 is 0. The summed E-state index contributed by atoms with van der Waals surface area (Å²) in [6, 6.07) is 4.94. The Hall–Kier alpha value is -1.36. The fourth-order valence-corrected chi connectivity index (χ4v) is 4.18. The minimum Gasteiger partial charge on any atom is -0.370 e. The first-order valence-electron chi connectivity index (χ1n) is 7.41. The molecular formula is C16H21NO3S. The van der Waals surface area contributed by atoms with Crippen LogP contribution in [0.3, 0.4) is 0 Å². The molecule has 2 fully saturated rings. The number of anilines is 1. The molecule has 1 aromatic carbocycles. The van der Waals surface area contributed by atoms with Gasteiger partial charge in [-0.3, -0.25) is 4.79 Å². The molecule has 0 bridgehead atoms. The Morgan fingerprint density at radius 2 is 1.95 bits per heavy atom. The Labute approximate surface area is 126 Å². The van der Waals surface area contributed by atoms with Gasteiger partial charge in [0.05, 0.1) is 10.6 Å². The number of rotatable bonds is 3. The molecule has 0 unspecified atom stereocenters. The normalized spacial score (nSPS) is 20.6. The summed E-state index contributed by atoms with van der Waals surface area (Å²) in [7, 11) is -3.30. The van der Waals surface area contributed by atoms with Gasteiger partial charge in [0.1, 0.15) is 0 Å². The van der Waals surface area contributed by atoms with Crippen molar-refractivity contribution in [2.75, 3.05) is 24.2 Å². The summed E-state index contributed by atoms with van der Waals surface area (Å²) in [6.45, 7) is 3.29. The van der Waals surface area contributed by atoms with E-state index in [2.05, 4.69) is 4.90 Å². The highest BCUT2D eigenvalue weighted by atomic mass is 32.2. The quantitative estimate of drug-likeness (QED) is 0.806. The zero-order chi connectivity index (χ0) is 15.3. The van der Waals surface area contributed by atoms with Gasteiger partial charge in [-0.25, -0.2) is 8.42 Å². The summed E-state index contributed by atoms with van der Waals surface area (Å²) in [6.07, 6.45) is 6.04. The second-order valence-corrected chi connectivity index (χ2v) is 8.52. The van der Waals surface area contributed by atoms with E-state index in [1.807, 2.05) is 0 Å². The highest BCUT2D eigenvalue weighted by Crippen LogP contribution is 2.52. The van der Waals surface area contributed by atoms with Crippen LogP contribution in [0.25, 0.3) is 0 Å². The van der Waals surface area contributed by atoms with Crippen LogP contribution in [0.15, 0.2) is 23.1 Å². The fraction of sp³-hybridized carbons (Fsp3) is 0.562. The summed E-state index contributed by atoms with van der Waals surface area (Å²) in [4.78, 5) is 14.1. The Kier molecular flexibility index (Phi) is 3.35. The van der Waals surface area contributed by atoms with Gasteiger partial charge in [-0.15, -0.1) is 0 Å². The third kappa shape index (κ3) is 2.84. The third-order valence-corrected chi connectivity index (χ3v) is 5.87. The number of carbonyl (C=O) groups excluding carboxylic acids is 1. The first-order valence-corrected chi connectivity index (χ1v) is 9.30. The van der Waals surface area contributed by atoms with E-state index in [4.69, 9.17) is 0 Å². The zero-order valence-electron chi connectivity index (χ0n) is 12.6. The van der Waals surface area contributed by atoms with Crippen molar-refractivity contribution in [3.63, 3.8) is 0 Å². The van der Waals surface area contributed by atoms with E-state index >= 15 is 0 Å². The lowest BCUT2D eigenvalue weighted by Crippen LogP contribution is -2.37. The molecule has 1 spiro atoms. The monoisotopic (exact) mass is 307 g/mol. The summed E-state index contributed by atoms with van der Waals surface area (Å²) < 4.78 is 24.1. The first kappa shape index (κ1) is 14.6. The molecule has 3 rings (SSSR count). The van der Waals surface area contributed by atoms with E-state index < -0.39 is 9.84 Å². The summed E-state index contributed by atoms with van der Waals surface area (Å²) in [5.74, 6) is -0.0329. The topological polar surface area (TPSA) is 54.5 Å². The number of Topliss-reactive ketones (excluding diaryl/α,β-unsaturated/α-hetero) is 1. The molecule has 4 nitrogen and oxygen atoms in total. The Balaban J connectivity index is 2.05. The lowest BCUT2D eigenvalue weighted by molar-refractivity contribution is 0.101. The maximum absolute atomic E-state index is 12.0. The molecule has 5 heteroatoms. The second kappa shape index (κ2) is 4.83. The van der Waals surface area contributed by atoms with Crippen molar-refractivity contribution < 1.29 is 13.2 Å². The number of sulfone groups is 1. The smallest absolute Gasteiger partial charge is 0.177 e. The van der Waals surface area contributed by atoms with Gasteiger partial charge < -0.3 is 4.90 Å². The number of piperidine rings is 1. The fourth-order valence-electron chi connectivity index (χ4n) is 3.30. The van der Waals surface area contributed by atoms with Crippen molar-refractivity contribution in [2.45, 2.75) is 37.5 Å². The molecule has 1 aliphatic carbocycles. The SMILES string of the molecule is CC(=O)c1ccc(S(C)(=O)=O)c(N2CCCC3(CC3)C2)c1. The maximum atomic E-state index is 12.0. The lowest BCUT2D eigenvalue weighted by Gasteiger charge is -2.35. The van der Waals surface area contributed by atoms with Crippen LogP contribution >= 0.6 is 0 Å². The van der Waals surface area contributed by atoms with Gasteiger partial charge in [0, 0.05) is 24.9 Å².